The molecule has 1 aliphatic heterocycles. The smallest absolute Gasteiger partial charge is 0.0834 e. The molecule has 1 saturated carbocycles. The first-order chi connectivity index (χ1) is 8.82. The maximum Gasteiger partial charge on any atom is 0.0834 e. The number of hydrogen-bond acceptors (Lipinski definition) is 3. The van der Waals surface area contributed by atoms with Gasteiger partial charge in [-0.25, -0.2) is 0 Å². The molecule has 2 unspecified atom stereocenters. The van der Waals surface area contributed by atoms with Crippen molar-refractivity contribution in [2.45, 2.75) is 63.5 Å². The predicted molar refractivity (Wildman–Crippen MR) is 73.8 cm³/mol. The van der Waals surface area contributed by atoms with E-state index in [4.69, 9.17) is 9.47 Å². The lowest BCUT2D eigenvalue weighted by atomic mass is 9.74. The van der Waals surface area contributed by atoms with Gasteiger partial charge in [0.15, 0.2) is 0 Å². The number of methoxy groups -OCH3 is 1. The number of hydrogen-bond donors (Lipinski definition) is 1. The van der Waals surface area contributed by atoms with Crippen molar-refractivity contribution in [2.75, 3.05) is 26.9 Å². The van der Waals surface area contributed by atoms with Crippen LogP contribution in [-0.4, -0.2) is 38.5 Å². The standard InChI is InChI=1S/C15H29NO2/c1-3-10-16-14(13-7-11-18-12-13)15(17-2)8-5-4-6-9-15/h13-14,16H,3-12H2,1-2H3. The average Bonchev–Trinajstić information content (AvgIpc) is 2.94. The lowest BCUT2D eigenvalue weighted by molar-refractivity contribution is -0.0819. The lowest BCUT2D eigenvalue weighted by Gasteiger charge is -2.45. The van der Waals surface area contributed by atoms with Crippen LogP contribution in [0.1, 0.15) is 51.9 Å². The first-order valence-corrected chi connectivity index (χ1v) is 7.68. The molecule has 3 nitrogen and oxygen atoms in total. The Hall–Kier alpha value is -0.120. The molecule has 0 bridgehead atoms. The Labute approximate surface area is 112 Å². The van der Waals surface area contributed by atoms with Gasteiger partial charge in [0, 0.05) is 25.7 Å². The molecule has 3 heteroatoms. The number of ether oxygens (including phenoxy) is 2. The van der Waals surface area contributed by atoms with Crippen molar-refractivity contribution in [1.29, 1.82) is 0 Å². The molecule has 0 amide bonds. The van der Waals surface area contributed by atoms with E-state index in [-0.39, 0.29) is 5.60 Å². The van der Waals surface area contributed by atoms with E-state index in [9.17, 15) is 0 Å². The Balaban J connectivity index is 2.08. The SMILES string of the molecule is CCCNC(C1CCOC1)C1(OC)CCCCC1. The third-order valence-electron chi connectivity index (χ3n) is 4.72. The predicted octanol–water partition coefficient (Wildman–Crippen LogP) is 2.74. The van der Waals surface area contributed by atoms with Gasteiger partial charge in [-0.3, -0.25) is 0 Å². The molecule has 2 atom stereocenters. The Bertz CT molecular complexity index is 233. The van der Waals surface area contributed by atoms with Crippen LogP contribution in [0.5, 0.6) is 0 Å². The largest absolute Gasteiger partial charge is 0.381 e. The Kier molecular flexibility index (Phi) is 5.46. The average molecular weight is 255 g/mol. The molecule has 0 aromatic carbocycles. The van der Waals surface area contributed by atoms with Gasteiger partial charge in [-0.1, -0.05) is 26.2 Å². The summed E-state index contributed by atoms with van der Waals surface area (Å²) in [6.45, 7) is 5.16. The molecule has 0 aromatic heterocycles. The summed E-state index contributed by atoms with van der Waals surface area (Å²) >= 11 is 0. The van der Waals surface area contributed by atoms with E-state index >= 15 is 0 Å². The summed E-state index contributed by atoms with van der Waals surface area (Å²) in [6.07, 6.45) is 8.78. The molecule has 18 heavy (non-hydrogen) atoms. The third kappa shape index (κ3) is 3.06. The van der Waals surface area contributed by atoms with Crippen molar-refractivity contribution < 1.29 is 9.47 Å². The van der Waals surface area contributed by atoms with E-state index in [1.165, 1.54) is 44.9 Å². The van der Waals surface area contributed by atoms with Gasteiger partial charge in [0.05, 0.1) is 12.2 Å². The lowest BCUT2D eigenvalue weighted by Crippen LogP contribution is -2.57. The van der Waals surface area contributed by atoms with Crippen molar-refractivity contribution >= 4 is 0 Å². The van der Waals surface area contributed by atoms with Crippen molar-refractivity contribution in [3.63, 3.8) is 0 Å². The van der Waals surface area contributed by atoms with E-state index in [2.05, 4.69) is 12.2 Å². The minimum Gasteiger partial charge on any atom is -0.381 e. The van der Waals surface area contributed by atoms with Crippen LogP contribution in [0.15, 0.2) is 0 Å². The zero-order chi connectivity index (χ0) is 12.8. The van der Waals surface area contributed by atoms with Crippen LogP contribution in [0.25, 0.3) is 0 Å². The van der Waals surface area contributed by atoms with Crippen molar-refractivity contribution in [2.24, 2.45) is 5.92 Å². The molecule has 106 valence electrons. The summed E-state index contributed by atoms with van der Waals surface area (Å²) in [6, 6.07) is 0.477. The molecule has 2 fully saturated rings. The summed E-state index contributed by atoms with van der Waals surface area (Å²) in [5, 5.41) is 3.77. The third-order valence-corrected chi connectivity index (χ3v) is 4.72. The fourth-order valence-electron chi connectivity index (χ4n) is 3.69. The van der Waals surface area contributed by atoms with Crippen molar-refractivity contribution in [1.82, 2.24) is 5.32 Å². The van der Waals surface area contributed by atoms with Gasteiger partial charge in [0.2, 0.25) is 0 Å². The van der Waals surface area contributed by atoms with E-state index in [1.54, 1.807) is 0 Å². The highest BCUT2D eigenvalue weighted by Gasteiger charge is 2.44. The summed E-state index contributed by atoms with van der Waals surface area (Å²) in [5.74, 6) is 0.634. The van der Waals surface area contributed by atoms with Gasteiger partial charge in [-0.05, 0) is 32.2 Å². The molecule has 1 N–H and O–H groups in total. The van der Waals surface area contributed by atoms with E-state index in [0.717, 1.165) is 19.8 Å². The summed E-state index contributed by atoms with van der Waals surface area (Å²) in [5.41, 5.74) is 0.0613. The van der Waals surface area contributed by atoms with Crippen LogP contribution < -0.4 is 5.32 Å². The van der Waals surface area contributed by atoms with Gasteiger partial charge < -0.3 is 14.8 Å². The zero-order valence-electron chi connectivity index (χ0n) is 12.0. The molecule has 1 heterocycles. The van der Waals surface area contributed by atoms with Crippen LogP contribution in [-0.2, 0) is 9.47 Å². The fourth-order valence-corrected chi connectivity index (χ4v) is 3.69. The van der Waals surface area contributed by atoms with Crippen LogP contribution in [0.3, 0.4) is 0 Å². The minimum absolute atomic E-state index is 0.0613. The first kappa shape index (κ1) is 14.3. The molecule has 2 aliphatic rings. The van der Waals surface area contributed by atoms with E-state index in [1.807, 2.05) is 7.11 Å². The molecular weight excluding hydrogens is 226 g/mol. The summed E-state index contributed by atoms with van der Waals surface area (Å²) < 4.78 is 11.6. The highest BCUT2D eigenvalue weighted by atomic mass is 16.5. The molecule has 0 aromatic rings. The fraction of sp³-hybridized carbons (Fsp3) is 1.00. The summed E-state index contributed by atoms with van der Waals surface area (Å²) in [4.78, 5) is 0. The quantitative estimate of drug-likeness (QED) is 0.791. The topological polar surface area (TPSA) is 30.5 Å². The van der Waals surface area contributed by atoms with Crippen LogP contribution >= 0.6 is 0 Å². The van der Waals surface area contributed by atoms with Gasteiger partial charge in [-0.2, -0.15) is 0 Å². The van der Waals surface area contributed by atoms with Crippen molar-refractivity contribution in [3.05, 3.63) is 0 Å². The number of rotatable bonds is 6. The molecule has 1 saturated heterocycles. The zero-order valence-corrected chi connectivity index (χ0v) is 12.0. The van der Waals surface area contributed by atoms with E-state index < -0.39 is 0 Å². The summed E-state index contributed by atoms with van der Waals surface area (Å²) in [7, 11) is 1.90. The molecule has 1 aliphatic carbocycles. The second kappa shape index (κ2) is 6.88. The maximum absolute atomic E-state index is 6.03. The van der Waals surface area contributed by atoms with Crippen LogP contribution in [0, 0.1) is 5.92 Å². The van der Waals surface area contributed by atoms with Gasteiger partial charge in [-0.15, -0.1) is 0 Å². The number of nitrogens with one attached hydrogen (secondary N) is 1. The first-order valence-electron chi connectivity index (χ1n) is 7.68. The Morgan fingerprint density at radius 1 is 1.33 bits per heavy atom. The molecular formula is C15H29NO2. The molecule has 0 spiro atoms. The second-order valence-corrected chi connectivity index (χ2v) is 5.89. The van der Waals surface area contributed by atoms with Crippen LogP contribution in [0.4, 0.5) is 0 Å². The Morgan fingerprint density at radius 2 is 2.11 bits per heavy atom. The Morgan fingerprint density at radius 3 is 2.67 bits per heavy atom. The second-order valence-electron chi connectivity index (χ2n) is 5.89. The van der Waals surface area contributed by atoms with Gasteiger partial charge >= 0.3 is 0 Å². The van der Waals surface area contributed by atoms with E-state index in [0.29, 0.717) is 12.0 Å². The van der Waals surface area contributed by atoms with Crippen LogP contribution in [0.2, 0.25) is 0 Å². The molecule has 2 rings (SSSR count). The minimum atomic E-state index is 0.0613. The normalized spacial score (nSPS) is 29.3. The highest BCUT2D eigenvalue weighted by molar-refractivity contribution is 4.99. The molecule has 0 radical (unpaired) electrons. The van der Waals surface area contributed by atoms with Gasteiger partial charge in [0.1, 0.15) is 0 Å². The van der Waals surface area contributed by atoms with Crippen molar-refractivity contribution in [3.8, 4) is 0 Å². The maximum atomic E-state index is 6.03. The highest BCUT2D eigenvalue weighted by Crippen LogP contribution is 2.38. The monoisotopic (exact) mass is 255 g/mol. The van der Waals surface area contributed by atoms with Gasteiger partial charge in [0.25, 0.3) is 0 Å².